The second-order valence-corrected chi connectivity index (χ2v) is 8.21. The van der Waals surface area contributed by atoms with Crippen LogP contribution in [0.2, 0.25) is 0 Å². The fourth-order valence-electron chi connectivity index (χ4n) is 4.92. The van der Waals surface area contributed by atoms with Crippen molar-refractivity contribution < 1.29 is 9.21 Å². The quantitative estimate of drug-likeness (QED) is 0.740. The molecule has 3 unspecified atom stereocenters. The molecule has 1 saturated heterocycles. The van der Waals surface area contributed by atoms with Gasteiger partial charge in [-0.15, -0.1) is 0 Å². The van der Waals surface area contributed by atoms with Crippen LogP contribution in [0.1, 0.15) is 57.8 Å². The van der Waals surface area contributed by atoms with Crippen LogP contribution in [-0.4, -0.2) is 28.4 Å². The van der Waals surface area contributed by atoms with Crippen molar-refractivity contribution >= 4 is 5.91 Å². The minimum absolute atomic E-state index is 0.327. The van der Waals surface area contributed by atoms with E-state index in [1.54, 1.807) is 6.20 Å². The van der Waals surface area contributed by atoms with Crippen LogP contribution < -0.4 is 0 Å². The van der Waals surface area contributed by atoms with Crippen LogP contribution in [0.25, 0.3) is 11.3 Å². The summed E-state index contributed by atoms with van der Waals surface area (Å²) in [6, 6.07) is 10.5. The molecule has 0 bridgehead atoms. The molecular weight excluding hydrogens is 336 g/mol. The first-order valence-electron chi connectivity index (χ1n) is 10.5. The molecule has 1 aromatic carbocycles. The van der Waals surface area contributed by atoms with Crippen molar-refractivity contribution in [1.82, 2.24) is 9.88 Å². The van der Waals surface area contributed by atoms with Gasteiger partial charge >= 0.3 is 0 Å². The van der Waals surface area contributed by atoms with E-state index < -0.39 is 0 Å². The molecule has 0 N–H and O–H groups in total. The number of carbonyl (C=O) groups is 1. The molecule has 4 nitrogen and oxygen atoms in total. The first kappa shape index (κ1) is 18.3. The molecule has 2 aromatic rings. The molecule has 4 rings (SSSR count). The number of carbonyl (C=O) groups excluding carboxylic acids is 1. The Morgan fingerprint density at radius 2 is 2.00 bits per heavy atom. The standard InChI is InChI=1S/C23H30N2O2/c1-17-14-15-25(20-11-6-5-10-19(17)20)23(26)13-7-12-22-24-16-21(27-22)18-8-3-2-4-9-18/h2-4,8-9,16-17,19-20H,5-7,10-15H2,1H3. The van der Waals surface area contributed by atoms with Crippen LogP contribution in [0.5, 0.6) is 0 Å². The third kappa shape index (κ3) is 4.10. The zero-order valence-corrected chi connectivity index (χ0v) is 16.3. The molecular formula is C23H30N2O2. The number of oxazole rings is 1. The minimum atomic E-state index is 0.327. The highest BCUT2D eigenvalue weighted by Crippen LogP contribution is 2.39. The van der Waals surface area contributed by atoms with Crippen LogP contribution >= 0.6 is 0 Å². The zero-order valence-electron chi connectivity index (χ0n) is 16.3. The predicted molar refractivity (Wildman–Crippen MR) is 106 cm³/mol. The molecule has 1 aliphatic carbocycles. The van der Waals surface area contributed by atoms with E-state index in [1.165, 1.54) is 25.7 Å². The first-order valence-corrected chi connectivity index (χ1v) is 10.5. The second kappa shape index (κ2) is 8.28. The van der Waals surface area contributed by atoms with Crippen molar-refractivity contribution in [2.24, 2.45) is 11.8 Å². The summed E-state index contributed by atoms with van der Waals surface area (Å²) in [5.41, 5.74) is 1.04. The van der Waals surface area contributed by atoms with E-state index in [0.29, 0.717) is 18.4 Å². The number of fused-ring (bicyclic) bond motifs is 1. The first-order chi connectivity index (χ1) is 13.2. The number of aromatic nitrogens is 1. The Morgan fingerprint density at radius 3 is 2.85 bits per heavy atom. The third-order valence-electron chi connectivity index (χ3n) is 6.45. The van der Waals surface area contributed by atoms with Crippen molar-refractivity contribution in [2.75, 3.05) is 6.54 Å². The number of likely N-dealkylation sites (tertiary alicyclic amines) is 1. The van der Waals surface area contributed by atoms with Crippen molar-refractivity contribution in [3.63, 3.8) is 0 Å². The van der Waals surface area contributed by atoms with Gasteiger partial charge in [-0.3, -0.25) is 4.79 Å². The number of amides is 1. The highest BCUT2D eigenvalue weighted by Gasteiger charge is 2.38. The maximum Gasteiger partial charge on any atom is 0.222 e. The van der Waals surface area contributed by atoms with Gasteiger partial charge in [-0.25, -0.2) is 4.98 Å². The maximum absolute atomic E-state index is 12.9. The van der Waals surface area contributed by atoms with Crippen LogP contribution in [0.4, 0.5) is 0 Å². The number of aryl methyl sites for hydroxylation is 1. The maximum atomic E-state index is 12.9. The second-order valence-electron chi connectivity index (χ2n) is 8.21. The van der Waals surface area contributed by atoms with Crippen LogP contribution in [-0.2, 0) is 11.2 Å². The summed E-state index contributed by atoms with van der Waals surface area (Å²) in [5.74, 6) is 3.34. The lowest BCUT2D eigenvalue weighted by Gasteiger charge is -2.47. The Morgan fingerprint density at radius 1 is 1.19 bits per heavy atom. The molecule has 2 aliphatic rings. The monoisotopic (exact) mass is 366 g/mol. The molecule has 2 heterocycles. The van der Waals surface area contributed by atoms with E-state index in [-0.39, 0.29) is 0 Å². The summed E-state index contributed by atoms with van der Waals surface area (Å²) in [6.45, 7) is 3.32. The molecule has 3 atom stereocenters. The Hall–Kier alpha value is -2.10. The van der Waals surface area contributed by atoms with Crippen molar-refractivity contribution in [2.45, 2.75) is 64.3 Å². The van der Waals surface area contributed by atoms with Crippen LogP contribution in [0.15, 0.2) is 40.9 Å². The van der Waals surface area contributed by atoms with Gasteiger partial charge < -0.3 is 9.32 Å². The average molecular weight is 367 g/mol. The normalized spacial score (nSPS) is 25.2. The number of hydrogen-bond acceptors (Lipinski definition) is 3. The highest BCUT2D eigenvalue weighted by molar-refractivity contribution is 5.76. The van der Waals surface area contributed by atoms with Crippen molar-refractivity contribution in [1.29, 1.82) is 0 Å². The van der Waals surface area contributed by atoms with Gasteiger partial charge in [0.1, 0.15) is 0 Å². The van der Waals surface area contributed by atoms with Gasteiger partial charge in [-0.1, -0.05) is 50.1 Å². The Balaban J connectivity index is 1.30. The summed E-state index contributed by atoms with van der Waals surface area (Å²) < 4.78 is 5.86. The van der Waals surface area contributed by atoms with Gasteiger partial charge in [0.25, 0.3) is 0 Å². The van der Waals surface area contributed by atoms with Gasteiger partial charge in [-0.2, -0.15) is 0 Å². The molecule has 1 aliphatic heterocycles. The molecule has 1 saturated carbocycles. The molecule has 0 radical (unpaired) electrons. The van der Waals surface area contributed by atoms with E-state index in [1.807, 2.05) is 30.3 Å². The van der Waals surface area contributed by atoms with E-state index in [4.69, 9.17) is 4.42 Å². The average Bonchev–Trinajstić information content (AvgIpc) is 3.18. The van der Waals surface area contributed by atoms with E-state index in [2.05, 4.69) is 16.8 Å². The van der Waals surface area contributed by atoms with E-state index in [0.717, 1.165) is 54.9 Å². The highest BCUT2D eigenvalue weighted by atomic mass is 16.4. The minimum Gasteiger partial charge on any atom is -0.441 e. The summed E-state index contributed by atoms with van der Waals surface area (Å²) >= 11 is 0. The number of hydrogen-bond donors (Lipinski definition) is 0. The predicted octanol–water partition coefficient (Wildman–Crippen LogP) is 5.09. The SMILES string of the molecule is CC1CCN(C(=O)CCCc2ncc(-c3ccccc3)o2)C2CCCCC12. The van der Waals surface area contributed by atoms with Gasteiger partial charge in [0.15, 0.2) is 11.7 Å². The number of rotatable bonds is 5. The van der Waals surface area contributed by atoms with Gasteiger partial charge in [0.2, 0.25) is 5.91 Å². The molecule has 2 fully saturated rings. The van der Waals surface area contributed by atoms with Gasteiger partial charge in [0, 0.05) is 31.0 Å². The topological polar surface area (TPSA) is 46.3 Å². The van der Waals surface area contributed by atoms with E-state index >= 15 is 0 Å². The lowest BCUT2D eigenvalue weighted by molar-refractivity contribution is -0.139. The Labute approximate surface area is 162 Å². The summed E-state index contributed by atoms with van der Waals surface area (Å²) in [5, 5.41) is 0. The van der Waals surface area contributed by atoms with Crippen molar-refractivity contribution in [3.05, 3.63) is 42.4 Å². The van der Waals surface area contributed by atoms with Gasteiger partial charge in [0.05, 0.1) is 6.20 Å². The smallest absolute Gasteiger partial charge is 0.222 e. The van der Waals surface area contributed by atoms with Crippen LogP contribution in [0, 0.1) is 11.8 Å². The number of nitrogens with zero attached hydrogens (tertiary/aromatic N) is 2. The molecule has 1 amide bonds. The molecule has 144 valence electrons. The van der Waals surface area contributed by atoms with E-state index in [9.17, 15) is 4.79 Å². The lowest BCUT2D eigenvalue weighted by Crippen LogP contribution is -2.52. The summed E-state index contributed by atoms with van der Waals surface area (Å²) in [7, 11) is 0. The Bertz CT molecular complexity index is 755. The number of benzene rings is 1. The lowest BCUT2D eigenvalue weighted by atomic mass is 9.72. The molecule has 27 heavy (non-hydrogen) atoms. The largest absolute Gasteiger partial charge is 0.441 e. The fraction of sp³-hybridized carbons (Fsp3) is 0.565. The Kier molecular flexibility index (Phi) is 5.61. The summed E-state index contributed by atoms with van der Waals surface area (Å²) in [4.78, 5) is 19.4. The molecule has 4 heteroatoms. The molecule has 0 spiro atoms. The summed E-state index contributed by atoms with van der Waals surface area (Å²) in [6.07, 6.45) is 10.2. The number of piperidine rings is 1. The fourth-order valence-corrected chi connectivity index (χ4v) is 4.92. The van der Waals surface area contributed by atoms with Crippen LogP contribution in [0.3, 0.4) is 0 Å². The van der Waals surface area contributed by atoms with Gasteiger partial charge in [-0.05, 0) is 37.5 Å². The zero-order chi connectivity index (χ0) is 18.6. The molecule has 1 aromatic heterocycles. The van der Waals surface area contributed by atoms with Crippen molar-refractivity contribution in [3.8, 4) is 11.3 Å². The third-order valence-corrected chi connectivity index (χ3v) is 6.45.